The van der Waals surface area contributed by atoms with E-state index in [4.69, 9.17) is 5.10 Å². The minimum Gasteiger partial charge on any atom is -0.311 e. The number of carbonyl (C=O) groups is 1. The summed E-state index contributed by atoms with van der Waals surface area (Å²) < 4.78 is 1.27. The van der Waals surface area contributed by atoms with Gasteiger partial charge >= 0.3 is 0 Å². The van der Waals surface area contributed by atoms with E-state index in [2.05, 4.69) is 18.6 Å². The number of amides is 1. The summed E-state index contributed by atoms with van der Waals surface area (Å²) in [7, 11) is 0. The highest BCUT2D eigenvalue weighted by atomic mass is 16.2. The molecule has 4 rings (SSSR count). The number of rotatable bonds is 8. The SMILES string of the molecule is C=Nc1cccc(-c2nn(CC(=O)N(CC)c3ccc(CC)cc3)c(=O)c3ccccc23)c1/C=C\C. The Morgan fingerprint density at radius 1 is 1.03 bits per heavy atom. The van der Waals surface area contributed by atoms with E-state index in [0.717, 1.165) is 34.3 Å². The van der Waals surface area contributed by atoms with Crippen LogP contribution in [0.1, 0.15) is 31.9 Å². The molecule has 0 N–H and O–H groups in total. The van der Waals surface area contributed by atoms with Gasteiger partial charge in [-0.25, -0.2) is 4.68 Å². The molecule has 1 aromatic heterocycles. The minimum absolute atomic E-state index is 0.168. The van der Waals surface area contributed by atoms with Gasteiger partial charge in [0.15, 0.2) is 0 Å². The van der Waals surface area contributed by atoms with Gasteiger partial charge in [-0.05, 0) is 56.8 Å². The highest BCUT2D eigenvalue weighted by Gasteiger charge is 2.20. The first-order valence-corrected chi connectivity index (χ1v) is 12.1. The Morgan fingerprint density at radius 2 is 1.75 bits per heavy atom. The maximum absolute atomic E-state index is 13.4. The number of likely N-dealkylation sites (N-methyl/N-ethyl adjacent to an activating group) is 1. The number of hydrogen-bond donors (Lipinski definition) is 0. The molecule has 6 heteroatoms. The van der Waals surface area contributed by atoms with Crippen LogP contribution >= 0.6 is 0 Å². The Morgan fingerprint density at radius 3 is 2.39 bits per heavy atom. The van der Waals surface area contributed by atoms with Gasteiger partial charge < -0.3 is 4.90 Å². The summed E-state index contributed by atoms with van der Waals surface area (Å²) in [6.07, 6.45) is 4.81. The van der Waals surface area contributed by atoms with Crippen LogP contribution in [0.25, 0.3) is 28.1 Å². The maximum atomic E-state index is 13.4. The van der Waals surface area contributed by atoms with Gasteiger partial charge in [-0.3, -0.25) is 14.6 Å². The van der Waals surface area contributed by atoms with Crippen molar-refractivity contribution in [2.45, 2.75) is 33.7 Å². The van der Waals surface area contributed by atoms with E-state index < -0.39 is 0 Å². The lowest BCUT2D eigenvalue weighted by Gasteiger charge is -2.22. The molecule has 0 saturated heterocycles. The Labute approximate surface area is 211 Å². The first kappa shape index (κ1) is 24.8. The van der Waals surface area contributed by atoms with Crippen molar-refractivity contribution in [3.63, 3.8) is 0 Å². The molecule has 0 aliphatic carbocycles. The Kier molecular flexibility index (Phi) is 7.54. The van der Waals surface area contributed by atoms with Crippen LogP contribution in [0.4, 0.5) is 11.4 Å². The standard InChI is InChI=1S/C30H30N4O2/c1-5-11-23-24(14-10-15-27(23)31-4)29-25-12-8-9-13-26(25)30(36)34(32-29)20-28(35)33(7-3)22-18-16-21(6-2)17-19-22/h5,8-19H,4,6-7,20H2,1-3H3/b11-5-. The number of nitrogens with zero attached hydrogens (tertiary/aromatic N) is 4. The van der Waals surface area contributed by atoms with E-state index in [1.54, 1.807) is 11.0 Å². The average Bonchev–Trinajstić information content (AvgIpc) is 2.91. The van der Waals surface area contributed by atoms with Crippen molar-refractivity contribution in [1.29, 1.82) is 0 Å². The lowest BCUT2D eigenvalue weighted by molar-refractivity contribution is -0.119. The lowest BCUT2D eigenvalue weighted by atomic mass is 9.98. The van der Waals surface area contributed by atoms with Crippen LogP contribution in [0.5, 0.6) is 0 Å². The summed E-state index contributed by atoms with van der Waals surface area (Å²) >= 11 is 0. The van der Waals surface area contributed by atoms with Crippen LogP contribution in [0.15, 0.2) is 82.6 Å². The molecule has 1 heterocycles. The van der Waals surface area contributed by atoms with Crippen LogP contribution < -0.4 is 10.5 Å². The van der Waals surface area contributed by atoms with Gasteiger partial charge in [0.2, 0.25) is 5.91 Å². The number of carbonyl (C=O) groups excluding carboxylic acids is 1. The molecule has 0 unspecified atom stereocenters. The maximum Gasteiger partial charge on any atom is 0.275 e. The number of benzene rings is 3. The molecule has 4 aromatic rings. The van der Waals surface area contributed by atoms with E-state index in [9.17, 15) is 9.59 Å². The minimum atomic E-state index is -0.300. The Hall–Kier alpha value is -4.32. The Balaban J connectivity index is 1.84. The highest BCUT2D eigenvalue weighted by molar-refractivity contribution is 5.98. The van der Waals surface area contributed by atoms with Gasteiger partial charge in [0.25, 0.3) is 5.56 Å². The van der Waals surface area contributed by atoms with Crippen molar-refractivity contribution < 1.29 is 4.79 Å². The molecule has 3 aromatic carbocycles. The largest absolute Gasteiger partial charge is 0.311 e. The number of hydrogen-bond acceptors (Lipinski definition) is 4. The molecule has 0 aliphatic heterocycles. The number of aromatic nitrogens is 2. The zero-order chi connectivity index (χ0) is 25.7. The predicted molar refractivity (Wildman–Crippen MR) is 149 cm³/mol. The summed E-state index contributed by atoms with van der Waals surface area (Å²) in [4.78, 5) is 32.6. The van der Waals surface area contributed by atoms with E-state index in [1.165, 1.54) is 10.2 Å². The fourth-order valence-electron chi connectivity index (χ4n) is 4.41. The smallest absolute Gasteiger partial charge is 0.275 e. The second kappa shape index (κ2) is 11.0. The number of anilines is 1. The summed E-state index contributed by atoms with van der Waals surface area (Å²) in [5.74, 6) is -0.201. The molecule has 36 heavy (non-hydrogen) atoms. The molecule has 0 spiro atoms. The van der Waals surface area contributed by atoms with Gasteiger partial charge in [-0.15, -0.1) is 0 Å². The van der Waals surface area contributed by atoms with Crippen LogP contribution in [-0.2, 0) is 17.8 Å². The third-order valence-corrected chi connectivity index (χ3v) is 6.27. The molecular formula is C30H30N4O2. The van der Waals surface area contributed by atoms with E-state index >= 15 is 0 Å². The topological polar surface area (TPSA) is 67.6 Å². The van der Waals surface area contributed by atoms with E-state index in [1.807, 2.05) is 86.7 Å². The zero-order valence-electron chi connectivity index (χ0n) is 20.9. The van der Waals surface area contributed by atoms with Crippen molar-refractivity contribution >= 4 is 40.8 Å². The predicted octanol–water partition coefficient (Wildman–Crippen LogP) is 6.04. The number of fused-ring (bicyclic) bond motifs is 1. The number of aryl methyl sites for hydroxylation is 1. The summed E-state index contributed by atoms with van der Waals surface area (Å²) in [6.45, 7) is 9.96. The molecule has 6 nitrogen and oxygen atoms in total. The van der Waals surface area contributed by atoms with Crippen LogP contribution in [-0.4, -0.2) is 28.9 Å². The molecule has 1 amide bonds. The zero-order valence-corrected chi connectivity index (χ0v) is 20.9. The first-order chi connectivity index (χ1) is 17.5. The van der Waals surface area contributed by atoms with Crippen molar-refractivity contribution in [2.75, 3.05) is 11.4 Å². The van der Waals surface area contributed by atoms with Crippen molar-refractivity contribution in [1.82, 2.24) is 9.78 Å². The van der Waals surface area contributed by atoms with Crippen molar-refractivity contribution in [2.24, 2.45) is 4.99 Å². The first-order valence-electron chi connectivity index (χ1n) is 12.1. The van der Waals surface area contributed by atoms with Gasteiger partial charge in [-0.2, -0.15) is 5.10 Å². The van der Waals surface area contributed by atoms with Gasteiger partial charge in [0.1, 0.15) is 6.54 Å². The number of aliphatic imine (C=N–C) groups is 1. The summed E-state index contributed by atoms with van der Waals surface area (Å²) in [5.41, 5.74) is 4.71. The fourth-order valence-corrected chi connectivity index (χ4v) is 4.41. The van der Waals surface area contributed by atoms with Crippen LogP contribution in [0.2, 0.25) is 0 Å². The van der Waals surface area contributed by atoms with E-state index in [-0.39, 0.29) is 18.0 Å². The van der Waals surface area contributed by atoms with Crippen molar-refractivity contribution in [3.8, 4) is 11.3 Å². The highest BCUT2D eigenvalue weighted by Crippen LogP contribution is 2.34. The third kappa shape index (κ3) is 4.75. The number of allylic oxidation sites excluding steroid dienone is 1. The molecule has 0 fully saturated rings. The molecule has 0 saturated carbocycles. The van der Waals surface area contributed by atoms with Crippen LogP contribution in [0, 0.1) is 0 Å². The van der Waals surface area contributed by atoms with Crippen molar-refractivity contribution in [3.05, 3.63) is 94.3 Å². The lowest BCUT2D eigenvalue weighted by Crippen LogP contribution is -2.37. The average molecular weight is 479 g/mol. The molecule has 0 bridgehead atoms. The normalized spacial score (nSPS) is 11.2. The summed E-state index contributed by atoms with van der Waals surface area (Å²) in [6, 6.07) is 21.0. The van der Waals surface area contributed by atoms with E-state index in [0.29, 0.717) is 17.6 Å². The molecular weight excluding hydrogens is 448 g/mol. The fraction of sp³-hybridized carbons (Fsp3) is 0.200. The summed E-state index contributed by atoms with van der Waals surface area (Å²) in [5, 5.41) is 5.96. The van der Waals surface area contributed by atoms with Gasteiger partial charge in [0.05, 0.1) is 16.8 Å². The molecule has 182 valence electrons. The second-order valence-electron chi connectivity index (χ2n) is 8.41. The molecule has 0 aliphatic rings. The molecule has 0 atom stereocenters. The monoisotopic (exact) mass is 478 g/mol. The van der Waals surface area contributed by atoms with Gasteiger partial charge in [0, 0.05) is 28.7 Å². The quantitative estimate of drug-likeness (QED) is 0.290. The second-order valence-corrected chi connectivity index (χ2v) is 8.41. The molecule has 0 radical (unpaired) electrons. The third-order valence-electron chi connectivity index (χ3n) is 6.27. The Bertz CT molecular complexity index is 1500. The van der Waals surface area contributed by atoms with Crippen LogP contribution in [0.3, 0.4) is 0 Å². The van der Waals surface area contributed by atoms with Gasteiger partial charge in [-0.1, -0.05) is 61.5 Å².